The van der Waals surface area contributed by atoms with Gasteiger partial charge in [-0.25, -0.2) is 9.97 Å². The highest BCUT2D eigenvalue weighted by Crippen LogP contribution is 2.30. The number of anilines is 1. The number of hydrogen-bond acceptors (Lipinski definition) is 7. The third kappa shape index (κ3) is 4.35. The molecule has 4 heterocycles. The van der Waals surface area contributed by atoms with Crippen molar-refractivity contribution >= 4 is 16.9 Å². The highest BCUT2D eigenvalue weighted by Gasteiger charge is 2.22. The van der Waals surface area contributed by atoms with Gasteiger partial charge in [0.25, 0.3) is 0 Å². The van der Waals surface area contributed by atoms with E-state index in [-0.39, 0.29) is 0 Å². The molecule has 33 heavy (non-hydrogen) atoms. The Bertz CT molecular complexity index is 1240. The van der Waals surface area contributed by atoms with Gasteiger partial charge in [0.1, 0.15) is 5.52 Å². The molecule has 1 saturated heterocycles. The van der Waals surface area contributed by atoms with Crippen molar-refractivity contribution in [2.24, 2.45) is 5.73 Å². The Hall–Kier alpha value is -3.27. The summed E-state index contributed by atoms with van der Waals surface area (Å²) in [7, 11) is 1.69. The number of pyridine rings is 1. The van der Waals surface area contributed by atoms with Crippen LogP contribution in [-0.2, 0) is 16.0 Å². The van der Waals surface area contributed by atoms with E-state index in [1.165, 1.54) is 5.56 Å². The lowest BCUT2D eigenvalue weighted by molar-refractivity contribution is 0.123. The van der Waals surface area contributed by atoms with E-state index < -0.39 is 6.04 Å². The summed E-state index contributed by atoms with van der Waals surface area (Å²) < 4.78 is 12.8. The molecule has 1 aliphatic heterocycles. The number of benzene rings is 1. The van der Waals surface area contributed by atoms with Crippen molar-refractivity contribution in [1.29, 1.82) is 0 Å². The Morgan fingerprint density at radius 3 is 2.85 bits per heavy atom. The molecule has 0 amide bonds. The lowest BCUT2D eigenvalue weighted by atomic mass is 10.1. The number of hydrogen-bond donors (Lipinski definition) is 2. The number of nitrogens with zero attached hydrogens (tertiary/aromatic N) is 5. The van der Waals surface area contributed by atoms with Gasteiger partial charge in [-0.3, -0.25) is 5.10 Å². The molecule has 0 spiro atoms. The maximum atomic E-state index is 6.71. The van der Waals surface area contributed by atoms with Crippen molar-refractivity contribution in [3.8, 4) is 11.3 Å². The minimum absolute atomic E-state index is 0.453. The molecular formula is C24H29N7O2. The number of aromatic amines is 1. The van der Waals surface area contributed by atoms with E-state index in [2.05, 4.69) is 45.2 Å². The van der Waals surface area contributed by atoms with Gasteiger partial charge in [-0.05, 0) is 25.1 Å². The molecule has 9 heteroatoms. The van der Waals surface area contributed by atoms with E-state index in [0.717, 1.165) is 52.6 Å². The quantitative estimate of drug-likeness (QED) is 0.448. The third-order valence-corrected chi connectivity index (χ3v) is 6.03. The zero-order valence-corrected chi connectivity index (χ0v) is 19.0. The van der Waals surface area contributed by atoms with Crippen molar-refractivity contribution in [1.82, 2.24) is 24.7 Å². The molecular weight excluding hydrogens is 418 g/mol. The van der Waals surface area contributed by atoms with Crippen LogP contribution < -0.4 is 10.6 Å². The second-order valence-electron chi connectivity index (χ2n) is 8.32. The van der Waals surface area contributed by atoms with Crippen LogP contribution in [0.3, 0.4) is 0 Å². The van der Waals surface area contributed by atoms with Crippen LogP contribution in [0.25, 0.3) is 22.4 Å². The zero-order chi connectivity index (χ0) is 22.8. The fraction of sp³-hybridized carbons (Fsp3) is 0.375. The van der Waals surface area contributed by atoms with Crippen molar-refractivity contribution in [3.63, 3.8) is 0 Å². The predicted octanol–water partition coefficient (Wildman–Crippen LogP) is 2.66. The highest BCUT2D eigenvalue weighted by molar-refractivity contribution is 5.87. The predicted molar refractivity (Wildman–Crippen MR) is 127 cm³/mol. The Labute approximate surface area is 192 Å². The number of nitrogens with two attached hydrogens (primary N) is 1. The number of methoxy groups -OCH3 is 1. The number of aromatic nitrogens is 5. The van der Waals surface area contributed by atoms with Gasteiger partial charge < -0.3 is 24.7 Å². The molecule has 1 unspecified atom stereocenters. The molecule has 0 radical (unpaired) electrons. The van der Waals surface area contributed by atoms with Crippen LogP contribution in [0.2, 0.25) is 0 Å². The lowest BCUT2D eigenvalue weighted by Crippen LogP contribution is -2.36. The van der Waals surface area contributed by atoms with Gasteiger partial charge in [-0.2, -0.15) is 5.10 Å². The number of ether oxygens (including phenoxy) is 2. The molecule has 5 rings (SSSR count). The van der Waals surface area contributed by atoms with E-state index in [4.69, 9.17) is 20.2 Å². The molecule has 0 aliphatic carbocycles. The average Bonchev–Trinajstić information content (AvgIpc) is 3.50. The van der Waals surface area contributed by atoms with Gasteiger partial charge in [0, 0.05) is 32.3 Å². The summed E-state index contributed by atoms with van der Waals surface area (Å²) in [6.07, 6.45) is 1.82. The van der Waals surface area contributed by atoms with Crippen LogP contribution in [-0.4, -0.2) is 64.8 Å². The van der Waals surface area contributed by atoms with Gasteiger partial charge in [0.15, 0.2) is 5.65 Å². The molecule has 3 aromatic heterocycles. The highest BCUT2D eigenvalue weighted by atomic mass is 16.5. The van der Waals surface area contributed by atoms with Crippen molar-refractivity contribution in [3.05, 3.63) is 59.7 Å². The van der Waals surface area contributed by atoms with Crippen molar-refractivity contribution in [2.45, 2.75) is 19.5 Å². The first kappa shape index (κ1) is 21.6. The van der Waals surface area contributed by atoms with Gasteiger partial charge in [-0.1, -0.05) is 23.8 Å². The topological polar surface area (TPSA) is 107 Å². The molecule has 0 bridgehead atoms. The zero-order valence-electron chi connectivity index (χ0n) is 19.0. The number of imidazole rings is 1. The average molecular weight is 448 g/mol. The normalized spacial score (nSPS) is 15.3. The molecule has 4 aromatic rings. The van der Waals surface area contributed by atoms with Gasteiger partial charge in [0.05, 0.1) is 55.0 Å². The summed E-state index contributed by atoms with van der Waals surface area (Å²) in [5, 5.41) is 7.62. The first-order valence-electron chi connectivity index (χ1n) is 11.2. The number of aryl methyl sites for hydroxylation is 1. The number of H-pyrrole nitrogens is 1. The second kappa shape index (κ2) is 9.30. The van der Waals surface area contributed by atoms with Gasteiger partial charge in [0.2, 0.25) is 0 Å². The Balaban J connectivity index is 1.54. The van der Waals surface area contributed by atoms with Gasteiger partial charge >= 0.3 is 0 Å². The molecule has 9 nitrogen and oxygen atoms in total. The largest absolute Gasteiger partial charge is 0.383 e. The molecule has 0 saturated carbocycles. The SMILES string of the molecule is COCCn1cnc2c(N3CCOCC3)cc(C(N)c3cc(-c4cccc(C)c4)n[nH]3)nc21. The summed E-state index contributed by atoms with van der Waals surface area (Å²) >= 11 is 0. The van der Waals surface area contributed by atoms with Crippen LogP contribution in [0.4, 0.5) is 5.69 Å². The van der Waals surface area contributed by atoms with Crippen LogP contribution in [0.15, 0.2) is 42.7 Å². The number of morpholine rings is 1. The minimum atomic E-state index is -0.453. The van der Waals surface area contributed by atoms with E-state index in [1.54, 1.807) is 7.11 Å². The molecule has 1 atom stereocenters. The summed E-state index contributed by atoms with van der Waals surface area (Å²) in [5.41, 5.74) is 14.1. The Morgan fingerprint density at radius 2 is 2.06 bits per heavy atom. The fourth-order valence-electron chi connectivity index (χ4n) is 4.20. The van der Waals surface area contributed by atoms with E-state index >= 15 is 0 Å². The number of fused-ring (bicyclic) bond motifs is 1. The molecule has 172 valence electrons. The molecule has 1 aliphatic rings. The lowest BCUT2D eigenvalue weighted by Gasteiger charge is -2.29. The van der Waals surface area contributed by atoms with E-state index in [0.29, 0.717) is 26.4 Å². The molecule has 1 fully saturated rings. The summed E-state index contributed by atoms with van der Waals surface area (Å²) in [4.78, 5) is 11.9. The maximum absolute atomic E-state index is 6.71. The first-order valence-corrected chi connectivity index (χ1v) is 11.2. The van der Waals surface area contributed by atoms with Crippen LogP contribution in [0.5, 0.6) is 0 Å². The Kier molecular flexibility index (Phi) is 6.08. The Morgan fingerprint density at radius 1 is 1.21 bits per heavy atom. The summed E-state index contributed by atoms with van der Waals surface area (Å²) in [6.45, 7) is 6.31. The number of rotatable bonds is 7. The smallest absolute Gasteiger partial charge is 0.162 e. The van der Waals surface area contributed by atoms with Gasteiger partial charge in [-0.15, -0.1) is 0 Å². The van der Waals surface area contributed by atoms with Crippen molar-refractivity contribution in [2.75, 3.05) is 44.9 Å². The summed E-state index contributed by atoms with van der Waals surface area (Å²) in [6, 6.07) is 11.9. The second-order valence-corrected chi connectivity index (χ2v) is 8.32. The third-order valence-electron chi connectivity index (χ3n) is 6.03. The van der Waals surface area contributed by atoms with Crippen LogP contribution >= 0.6 is 0 Å². The van der Waals surface area contributed by atoms with E-state index in [1.807, 2.05) is 29.1 Å². The van der Waals surface area contributed by atoms with Crippen LogP contribution in [0.1, 0.15) is 23.0 Å². The van der Waals surface area contributed by atoms with Crippen LogP contribution in [0, 0.1) is 6.92 Å². The van der Waals surface area contributed by atoms with Crippen molar-refractivity contribution < 1.29 is 9.47 Å². The molecule has 1 aromatic carbocycles. The monoisotopic (exact) mass is 447 g/mol. The summed E-state index contributed by atoms with van der Waals surface area (Å²) in [5.74, 6) is 0. The minimum Gasteiger partial charge on any atom is -0.383 e. The van der Waals surface area contributed by atoms with E-state index in [9.17, 15) is 0 Å². The molecule has 3 N–H and O–H groups in total. The fourth-order valence-corrected chi connectivity index (χ4v) is 4.20. The first-order chi connectivity index (χ1) is 16.1. The number of nitrogens with one attached hydrogen (secondary N) is 1. The maximum Gasteiger partial charge on any atom is 0.162 e. The standard InChI is InChI=1S/C24H29N7O2/c1-16-4-3-5-17(12-16)18-13-20(29-28-18)22(25)19-14-21(30-7-10-33-11-8-30)23-24(27-19)31(15-26-23)6-9-32-2/h3-5,12-15,22H,6-11,25H2,1-2H3,(H,28,29).